The molecule has 0 saturated heterocycles. The number of hydrogen-bond acceptors (Lipinski definition) is 8. The van der Waals surface area contributed by atoms with E-state index >= 15 is 0 Å². The van der Waals surface area contributed by atoms with Crippen molar-refractivity contribution in [3.05, 3.63) is 44.0 Å². The number of non-ortho nitro benzene ring substituents is 2. The molecule has 10 heteroatoms. The van der Waals surface area contributed by atoms with E-state index in [1.54, 1.807) is 0 Å². The molecule has 0 unspecified atom stereocenters. The Bertz CT molecular complexity index is 543. The van der Waals surface area contributed by atoms with Crippen LogP contribution in [0.2, 0.25) is 0 Å². The van der Waals surface area contributed by atoms with Crippen LogP contribution in [0.5, 0.6) is 0 Å². The average Bonchev–Trinajstić information content (AvgIpc) is 2.53. The van der Waals surface area contributed by atoms with Crippen molar-refractivity contribution in [2.75, 3.05) is 33.0 Å². The summed E-state index contributed by atoms with van der Waals surface area (Å²) in [5.41, 5.74) is -1.38. The molecule has 0 amide bonds. The second-order valence-corrected chi connectivity index (χ2v) is 4.20. The molecule has 126 valence electrons. The van der Waals surface area contributed by atoms with E-state index in [9.17, 15) is 25.0 Å². The van der Waals surface area contributed by atoms with Gasteiger partial charge in [-0.1, -0.05) is 0 Å². The highest BCUT2D eigenvalue weighted by atomic mass is 16.6. The SMILES string of the molecule is CCOCCOCCOC(=O)c1cc([N+](=O)[O-])cc([N+](=O)[O-])c1. The van der Waals surface area contributed by atoms with Crippen LogP contribution in [0.25, 0.3) is 0 Å². The van der Waals surface area contributed by atoms with Crippen molar-refractivity contribution < 1.29 is 28.9 Å². The van der Waals surface area contributed by atoms with Gasteiger partial charge in [-0.15, -0.1) is 0 Å². The van der Waals surface area contributed by atoms with Gasteiger partial charge in [-0.05, 0) is 6.92 Å². The second-order valence-electron chi connectivity index (χ2n) is 4.20. The first-order valence-corrected chi connectivity index (χ1v) is 6.72. The molecule has 1 aromatic carbocycles. The minimum atomic E-state index is -0.898. The zero-order chi connectivity index (χ0) is 17.2. The summed E-state index contributed by atoms with van der Waals surface area (Å²) in [7, 11) is 0. The van der Waals surface area contributed by atoms with Crippen LogP contribution >= 0.6 is 0 Å². The number of nitrogens with zero attached hydrogens (tertiary/aromatic N) is 2. The molecular formula is C13H16N2O8. The first-order valence-electron chi connectivity index (χ1n) is 6.72. The lowest BCUT2D eigenvalue weighted by Gasteiger charge is -2.06. The first kappa shape index (κ1) is 18.5. The Balaban J connectivity index is 2.58. The van der Waals surface area contributed by atoms with Gasteiger partial charge in [0.1, 0.15) is 6.61 Å². The number of rotatable bonds is 10. The fraction of sp³-hybridized carbons (Fsp3) is 0.462. The van der Waals surface area contributed by atoms with Crippen molar-refractivity contribution in [2.24, 2.45) is 0 Å². The highest BCUT2D eigenvalue weighted by molar-refractivity contribution is 5.91. The Morgan fingerprint density at radius 2 is 1.48 bits per heavy atom. The van der Waals surface area contributed by atoms with Crippen molar-refractivity contribution >= 4 is 17.3 Å². The van der Waals surface area contributed by atoms with E-state index < -0.39 is 27.2 Å². The van der Waals surface area contributed by atoms with E-state index in [2.05, 4.69) is 0 Å². The normalized spacial score (nSPS) is 10.3. The highest BCUT2D eigenvalue weighted by Crippen LogP contribution is 2.23. The van der Waals surface area contributed by atoms with Gasteiger partial charge in [-0.2, -0.15) is 0 Å². The van der Waals surface area contributed by atoms with Crippen molar-refractivity contribution in [1.29, 1.82) is 0 Å². The molecule has 1 rings (SSSR count). The molecule has 0 fully saturated rings. The summed E-state index contributed by atoms with van der Waals surface area (Å²) < 4.78 is 15.0. The van der Waals surface area contributed by atoms with Crippen LogP contribution in [0.1, 0.15) is 17.3 Å². The van der Waals surface area contributed by atoms with Gasteiger partial charge in [0.15, 0.2) is 0 Å². The maximum absolute atomic E-state index is 11.8. The standard InChI is InChI=1S/C13H16N2O8/c1-2-21-3-4-22-5-6-23-13(16)10-7-11(14(17)18)9-12(8-10)15(19)20/h7-9H,2-6H2,1H3. The predicted octanol–water partition coefficient (Wildman–Crippen LogP) is 1.71. The monoisotopic (exact) mass is 328 g/mol. The van der Waals surface area contributed by atoms with Crippen LogP contribution in [0.4, 0.5) is 11.4 Å². The minimum absolute atomic E-state index is 0.0819. The fourth-order valence-electron chi connectivity index (χ4n) is 1.56. The van der Waals surface area contributed by atoms with E-state index in [0.29, 0.717) is 19.8 Å². The van der Waals surface area contributed by atoms with E-state index in [1.807, 2.05) is 6.92 Å². The van der Waals surface area contributed by atoms with Crippen molar-refractivity contribution in [2.45, 2.75) is 6.92 Å². The topological polar surface area (TPSA) is 131 Å². The van der Waals surface area contributed by atoms with Gasteiger partial charge in [0.2, 0.25) is 0 Å². The second kappa shape index (κ2) is 9.43. The zero-order valence-electron chi connectivity index (χ0n) is 12.4. The third-order valence-electron chi connectivity index (χ3n) is 2.60. The van der Waals surface area contributed by atoms with Gasteiger partial charge in [-0.25, -0.2) is 4.79 Å². The van der Waals surface area contributed by atoms with Crippen LogP contribution in [0.15, 0.2) is 18.2 Å². The summed E-state index contributed by atoms with van der Waals surface area (Å²) in [6.07, 6.45) is 0. The van der Waals surface area contributed by atoms with Crippen LogP contribution < -0.4 is 0 Å². The Kier molecular flexibility index (Phi) is 7.57. The molecule has 0 aliphatic rings. The maximum atomic E-state index is 11.8. The molecule has 0 heterocycles. The minimum Gasteiger partial charge on any atom is -0.460 e. The van der Waals surface area contributed by atoms with E-state index in [4.69, 9.17) is 14.2 Å². The number of ether oxygens (including phenoxy) is 3. The van der Waals surface area contributed by atoms with Crippen LogP contribution in [0.3, 0.4) is 0 Å². The summed E-state index contributed by atoms with van der Waals surface area (Å²) in [6, 6.07) is 2.62. The zero-order valence-corrected chi connectivity index (χ0v) is 12.4. The number of esters is 1. The van der Waals surface area contributed by atoms with Gasteiger partial charge in [-0.3, -0.25) is 20.2 Å². The lowest BCUT2D eigenvalue weighted by Crippen LogP contribution is -2.13. The Labute approximate surface area is 131 Å². The Morgan fingerprint density at radius 1 is 0.957 bits per heavy atom. The molecule has 10 nitrogen and oxygen atoms in total. The summed E-state index contributed by atoms with van der Waals surface area (Å²) >= 11 is 0. The molecule has 23 heavy (non-hydrogen) atoms. The molecule has 0 aliphatic carbocycles. The van der Waals surface area contributed by atoms with Gasteiger partial charge < -0.3 is 14.2 Å². The molecule has 1 aromatic rings. The van der Waals surface area contributed by atoms with Crippen molar-refractivity contribution in [1.82, 2.24) is 0 Å². The van der Waals surface area contributed by atoms with Crippen LogP contribution in [-0.4, -0.2) is 48.9 Å². The van der Waals surface area contributed by atoms with Gasteiger partial charge in [0.05, 0.1) is 41.3 Å². The third-order valence-corrected chi connectivity index (χ3v) is 2.60. The van der Waals surface area contributed by atoms with E-state index in [-0.39, 0.29) is 18.8 Å². The predicted molar refractivity (Wildman–Crippen MR) is 77.3 cm³/mol. The molecule has 0 saturated carbocycles. The largest absolute Gasteiger partial charge is 0.460 e. The van der Waals surface area contributed by atoms with Gasteiger partial charge >= 0.3 is 5.97 Å². The summed E-state index contributed by atoms with van der Waals surface area (Å²) in [4.78, 5) is 31.6. The molecular weight excluding hydrogens is 312 g/mol. The van der Waals surface area contributed by atoms with Gasteiger partial charge in [0, 0.05) is 18.7 Å². The molecule has 0 radical (unpaired) electrons. The molecule has 0 spiro atoms. The van der Waals surface area contributed by atoms with Crippen molar-refractivity contribution in [3.8, 4) is 0 Å². The maximum Gasteiger partial charge on any atom is 0.338 e. The first-order chi connectivity index (χ1) is 11.0. The molecule has 0 bridgehead atoms. The Morgan fingerprint density at radius 3 is 2.00 bits per heavy atom. The van der Waals surface area contributed by atoms with Crippen molar-refractivity contribution in [3.63, 3.8) is 0 Å². The molecule has 0 aromatic heterocycles. The number of nitro groups is 2. The van der Waals surface area contributed by atoms with E-state index in [0.717, 1.165) is 18.2 Å². The quantitative estimate of drug-likeness (QED) is 0.274. The molecule has 0 atom stereocenters. The smallest absolute Gasteiger partial charge is 0.338 e. The number of nitro benzene ring substituents is 2. The number of hydrogen-bond donors (Lipinski definition) is 0. The van der Waals surface area contributed by atoms with Crippen LogP contribution in [0, 0.1) is 20.2 Å². The van der Waals surface area contributed by atoms with Crippen LogP contribution in [-0.2, 0) is 14.2 Å². The number of carbonyl (C=O) groups is 1. The van der Waals surface area contributed by atoms with Gasteiger partial charge in [0.25, 0.3) is 11.4 Å². The summed E-state index contributed by atoms with van der Waals surface area (Å²) in [5, 5.41) is 21.5. The third kappa shape index (κ3) is 6.36. The molecule has 0 N–H and O–H groups in total. The molecule has 0 aliphatic heterocycles. The number of benzene rings is 1. The summed E-state index contributed by atoms with van der Waals surface area (Å²) in [6.45, 7) is 3.22. The average molecular weight is 328 g/mol. The summed E-state index contributed by atoms with van der Waals surface area (Å²) in [5.74, 6) is -0.898. The number of carbonyl (C=O) groups excluding carboxylic acids is 1. The fourth-order valence-corrected chi connectivity index (χ4v) is 1.56. The highest BCUT2D eigenvalue weighted by Gasteiger charge is 2.20. The van der Waals surface area contributed by atoms with E-state index in [1.165, 1.54) is 0 Å². The lowest BCUT2D eigenvalue weighted by atomic mass is 10.2. The Hall–Kier alpha value is -2.59. The lowest BCUT2D eigenvalue weighted by molar-refractivity contribution is -0.394.